The van der Waals surface area contributed by atoms with Gasteiger partial charge < -0.3 is 9.64 Å². The van der Waals surface area contributed by atoms with Crippen LogP contribution in [0.3, 0.4) is 0 Å². The van der Waals surface area contributed by atoms with Crippen LogP contribution in [0.25, 0.3) is 0 Å². The van der Waals surface area contributed by atoms with Crippen LogP contribution in [0.1, 0.15) is 44.0 Å². The minimum atomic E-state index is -3.60. The van der Waals surface area contributed by atoms with E-state index in [4.69, 9.17) is 4.74 Å². The molecule has 0 atom stereocenters. The number of rotatable bonds is 8. The number of hydrogen-bond acceptors (Lipinski definition) is 4. The quantitative estimate of drug-likeness (QED) is 0.693. The molecule has 1 fully saturated rings. The second-order valence-electron chi connectivity index (χ2n) is 6.57. The largest absolute Gasteiger partial charge is 0.379 e. The van der Waals surface area contributed by atoms with Crippen LogP contribution in [-0.2, 0) is 14.8 Å². The van der Waals surface area contributed by atoms with E-state index in [1.165, 1.54) is 10.4 Å². The number of sulfonamides is 1. The molecular formula is C19H30N2O4S. The predicted octanol–water partition coefficient (Wildman–Crippen LogP) is 2.61. The number of benzene rings is 1. The van der Waals surface area contributed by atoms with Crippen LogP contribution in [0.5, 0.6) is 0 Å². The van der Waals surface area contributed by atoms with E-state index in [0.29, 0.717) is 50.9 Å². The molecule has 0 spiro atoms. The van der Waals surface area contributed by atoms with Crippen molar-refractivity contribution in [1.82, 2.24) is 9.21 Å². The van der Waals surface area contributed by atoms with Crippen molar-refractivity contribution in [3.8, 4) is 0 Å². The molecule has 1 aromatic rings. The predicted molar refractivity (Wildman–Crippen MR) is 102 cm³/mol. The van der Waals surface area contributed by atoms with Gasteiger partial charge in [-0.1, -0.05) is 32.8 Å². The van der Waals surface area contributed by atoms with Gasteiger partial charge >= 0.3 is 0 Å². The molecule has 0 aliphatic carbocycles. The van der Waals surface area contributed by atoms with Crippen LogP contribution >= 0.6 is 0 Å². The van der Waals surface area contributed by atoms with Crippen LogP contribution in [0.2, 0.25) is 0 Å². The molecule has 1 amide bonds. The molecule has 0 radical (unpaired) electrons. The van der Waals surface area contributed by atoms with E-state index < -0.39 is 10.0 Å². The zero-order chi connectivity index (χ0) is 19.2. The Bertz CT molecular complexity index is 695. The van der Waals surface area contributed by atoms with Crippen LogP contribution in [0, 0.1) is 5.92 Å². The van der Waals surface area contributed by atoms with Gasteiger partial charge in [0.1, 0.15) is 0 Å². The van der Waals surface area contributed by atoms with E-state index in [1.54, 1.807) is 23.1 Å². The Balaban J connectivity index is 2.22. The Kier molecular flexibility index (Phi) is 7.61. The summed E-state index contributed by atoms with van der Waals surface area (Å²) >= 11 is 0. The van der Waals surface area contributed by atoms with Gasteiger partial charge in [-0.15, -0.1) is 0 Å². The van der Waals surface area contributed by atoms with Crippen molar-refractivity contribution >= 4 is 15.9 Å². The Morgan fingerprint density at radius 1 is 1.19 bits per heavy atom. The summed E-state index contributed by atoms with van der Waals surface area (Å²) in [5.74, 6) is 0.345. The monoisotopic (exact) mass is 382 g/mol. The first-order valence-electron chi connectivity index (χ1n) is 9.41. The average Bonchev–Trinajstić information content (AvgIpc) is 2.69. The standard InChI is InChI=1S/C19H30N2O4S/c1-4-16(5-2)15-20(6-3)19(22)17-8-7-9-18(14-17)26(23,24)21-10-12-25-13-11-21/h7-9,14,16H,4-6,10-13,15H2,1-3H3. The molecule has 146 valence electrons. The lowest BCUT2D eigenvalue weighted by Crippen LogP contribution is -2.40. The third-order valence-corrected chi connectivity index (χ3v) is 6.89. The van der Waals surface area contributed by atoms with E-state index in [9.17, 15) is 13.2 Å². The lowest BCUT2D eigenvalue weighted by atomic mass is 10.0. The molecule has 0 N–H and O–H groups in total. The van der Waals surface area contributed by atoms with Crippen molar-refractivity contribution in [3.05, 3.63) is 29.8 Å². The number of carbonyl (C=O) groups excluding carboxylic acids is 1. The Morgan fingerprint density at radius 2 is 1.85 bits per heavy atom. The lowest BCUT2D eigenvalue weighted by molar-refractivity contribution is 0.0727. The Labute approximate surface area is 157 Å². The molecule has 1 aliphatic heterocycles. The van der Waals surface area contributed by atoms with E-state index in [2.05, 4.69) is 13.8 Å². The summed E-state index contributed by atoms with van der Waals surface area (Å²) in [7, 11) is -3.60. The van der Waals surface area contributed by atoms with Crippen molar-refractivity contribution in [2.75, 3.05) is 39.4 Å². The zero-order valence-corrected chi connectivity index (χ0v) is 16.8. The molecule has 2 rings (SSSR count). The SMILES string of the molecule is CCC(CC)CN(CC)C(=O)c1cccc(S(=O)(=O)N2CCOCC2)c1. The number of hydrogen-bond donors (Lipinski definition) is 0. The van der Waals surface area contributed by atoms with E-state index in [-0.39, 0.29) is 10.8 Å². The van der Waals surface area contributed by atoms with Crippen LogP contribution in [0.15, 0.2) is 29.2 Å². The normalized spacial score (nSPS) is 16.0. The first kappa shape index (κ1) is 20.9. The van der Waals surface area contributed by atoms with Gasteiger partial charge in [0, 0.05) is 31.7 Å². The summed E-state index contributed by atoms with van der Waals surface area (Å²) in [5.41, 5.74) is 0.423. The van der Waals surface area contributed by atoms with Crippen LogP contribution in [-0.4, -0.2) is 62.9 Å². The summed E-state index contributed by atoms with van der Waals surface area (Å²) in [6, 6.07) is 6.39. The second-order valence-corrected chi connectivity index (χ2v) is 8.51. The second kappa shape index (κ2) is 9.48. The topological polar surface area (TPSA) is 66.9 Å². The van der Waals surface area contributed by atoms with Gasteiger partial charge in [-0.2, -0.15) is 4.31 Å². The molecule has 0 bridgehead atoms. The number of amides is 1. The molecular weight excluding hydrogens is 352 g/mol. The summed E-state index contributed by atoms with van der Waals surface area (Å²) in [6.07, 6.45) is 2.04. The van der Waals surface area contributed by atoms with Gasteiger partial charge in [0.2, 0.25) is 10.0 Å². The van der Waals surface area contributed by atoms with E-state index in [1.807, 2.05) is 6.92 Å². The minimum absolute atomic E-state index is 0.113. The summed E-state index contributed by atoms with van der Waals surface area (Å²) in [4.78, 5) is 14.9. The third kappa shape index (κ3) is 4.84. The van der Waals surface area contributed by atoms with Gasteiger partial charge in [0.05, 0.1) is 18.1 Å². The van der Waals surface area contributed by atoms with Crippen molar-refractivity contribution in [2.24, 2.45) is 5.92 Å². The van der Waals surface area contributed by atoms with Crippen LogP contribution in [0.4, 0.5) is 0 Å². The third-order valence-electron chi connectivity index (χ3n) is 4.99. The van der Waals surface area contributed by atoms with Crippen molar-refractivity contribution < 1.29 is 17.9 Å². The highest BCUT2D eigenvalue weighted by atomic mass is 32.2. The maximum atomic E-state index is 12.9. The molecule has 26 heavy (non-hydrogen) atoms. The fourth-order valence-electron chi connectivity index (χ4n) is 3.12. The van der Waals surface area contributed by atoms with Gasteiger partial charge in [-0.3, -0.25) is 4.79 Å². The highest BCUT2D eigenvalue weighted by molar-refractivity contribution is 7.89. The number of nitrogens with zero attached hydrogens (tertiary/aromatic N) is 2. The molecule has 1 heterocycles. The van der Waals surface area contributed by atoms with Gasteiger partial charge in [-0.25, -0.2) is 8.42 Å². The average molecular weight is 383 g/mol. The molecule has 7 heteroatoms. The highest BCUT2D eigenvalue weighted by Gasteiger charge is 2.27. The lowest BCUT2D eigenvalue weighted by Gasteiger charge is -2.27. The fourth-order valence-corrected chi connectivity index (χ4v) is 4.58. The number of ether oxygens (including phenoxy) is 1. The zero-order valence-electron chi connectivity index (χ0n) is 16.0. The number of carbonyl (C=O) groups is 1. The maximum Gasteiger partial charge on any atom is 0.253 e. The van der Waals surface area contributed by atoms with Gasteiger partial charge in [0.15, 0.2) is 0 Å². The minimum Gasteiger partial charge on any atom is -0.379 e. The smallest absolute Gasteiger partial charge is 0.253 e. The highest BCUT2D eigenvalue weighted by Crippen LogP contribution is 2.20. The summed E-state index contributed by atoms with van der Waals surface area (Å²) in [5, 5.41) is 0. The van der Waals surface area contributed by atoms with E-state index in [0.717, 1.165) is 12.8 Å². The van der Waals surface area contributed by atoms with Crippen molar-refractivity contribution in [3.63, 3.8) is 0 Å². The van der Waals surface area contributed by atoms with Crippen molar-refractivity contribution in [2.45, 2.75) is 38.5 Å². The maximum absolute atomic E-state index is 12.9. The Morgan fingerprint density at radius 3 is 2.42 bits per heavy atom. The molecule has 0 unspecified atom stereocenters. The summed E-state index contributed by atoms with van der Waals surface area (Å²) in [6.45, 7) is 9.00. The molecule has 0 saturated carbocycles. The molecule has 6 nitrogen and oxygen atoms in total. The van der Waals surface area contributed by atoms with Crippen LogP contribution < -0.4 is 0 Å². The van der Waals surface area contributed by atoms with E-state index >= 15 is 0 Å². The van der Waals surface area contributed by atoms with Crippen molar-refractivity contribution in [1.29, 1.82) is 0 Å². The Hall–Kier alpha value is -1.44. The molecule has 0 aromatic heterocycles. The molecule has 1 aliphatic rings. The first-order valence-corrected chi connectivity index (χ1v) is 10.8. The fraction of sp³-hybridized carbons (Fsp3) is 0.632. The van der Waals surface area contributed by atoms with Gasteiger partial charge in [-0.05, 0) is 31.0 Å². The molecule has 1 aromatic carbocycles. The molecule has 1 saturated heterocycles. The number of morpholine rings is 1. The summed E-state index contributed by atoms with van der Waals surface area (Å²) < 4.78 is 32.3. The van der Waals surface area contributed by atoms with Gasteiger partial charge in [0.25, 0.3) is 5.91 Å². The first-order chi connectivity index (χ1) is 12.4.